The van der Waals surface area contributed by atoms with Crippen LogP contribution in [0.25, 0.3) is 0 Å². The van der Waals surface area contributed by atoms with E-state index in [2.05, 4.69) is 0 Å². The van der Waals surface area contributed by atoms with Crippen LogP contribution in [0, 0.1) is 17.6 Å². The first-order valence-electron chi connectivity index (χ1n) is 6.98. The van der Waals surface area contributed by atoms with Crippen molar-refractivity contribution < 1.29 is 8.78 Å². The van der Waals surface area contributed by atoms with Gasteiger partial charge in [0.1, 0.15) is 0 Å². The van der Waals surface area contributed by atoms with Crippen LogP contribution in [0.15, 0.2) is 12.1 Å². The second kappa shape index (κ2) is 6.67. The quantitative estimate of drug-likeness (QED) is 0.777. The van der Waals surface area contributed by atoms with Gasteiger partial charge in [-0.25, -0.2) is 8.78 Å². The van der Waals surface area contributed by atoms with Crippen LogP contribution in [0.2, 0.25) is 5.02 Å². The zero-order valence-electron chi connectivity index (χ0n) is 11.0. The Morgan fingerprint density at radius 1 is 1.16 bits per heavy atom. The van der Waals surface area contributed by atoms with Crippen LogP contribution >= 0.6 is 11.6 Å². The highest BCUT2D eigenvalue weighted by atomic mass is 35.5. The van der Waals surface area contributed by atoms with E-state index in [9.17, 15) is 8.78 Å². The maximum atomic E-state index is 13.2. The van der Waals surface area contributed by atoms with E-state index in [-0.39, 0.29) is 11.1 Å². The Bertz CT molecular complexity index is 430. The van der Waals surface area contributed by atoms with Gasteiger partial charge >= 0.3 is 0 Å². The summed E-state index contributed by atoms with van der Waals surface area (Å²) < 4.78 is 26.2. The SMILES string of the molecule is NC(CCC1CCCCC1)c1cc(F)c(F)cc1Cl. The summed E-state index contributed by atoms with van der Waals surface area (Å²) >= 11 is 5.93. The summed E-state index contributed by atoms with van der Waals surface area (Å²) in [4.78, 5) is 0. The van der Waals surface area contributed by atoms with Crippen molar-refractivity contribution in [2.75, 3.05) is 0 Å². The molecule has 0 heterocycles. The van der Waals surface area contributed by atoms with Crippen molar-refractivity contribution in [1.29, 1.82) is 0 Å². The molecule has 4 heteroatoms. The van der Waals surface area contributed by atoms with Gasteiger partial charge in [0.2, 0.25) is 0 Å². The fourth-order valence-electron chi connectivity index (χ4n) is 2.87. The van der Waals surface area contributed by atoms with Crippen molar-refractivity contribution >= 4 is 11.6 Å². The molecule has 0 spiro atoms. The van der Waals surface area contributed by atoms with Crippen LogP contribution in [0.3, 0.4) is 0 Å². The molecular formula is C15H20ClF2N. The van der Waals surface area contributed by atoms with Crippen molar-refractivity contribution in [1.82, 2.24) is 0 Å². The Morgan fingerprint density at radius 2 is 1.79 bits per heavy atom. The highest BCUT2D eigenvalue weighted by Gasteiger charge is 2.18. The van der Waals surface area contributed by atoms with Crippen molar-refractivity contribution in [3.63, 3.8) is 0 Å². The molecule has 1 nitrogen and oxygen atoms in total. The Hall–Kier alpha value is -0.670. The zero-order chi connectivity index (χ0) is 13.8. The van der Waals surface area contributed by atoms with E-state index < -0.39 is 11.6 Å². The molecule has 0 bridgehead atoms. The first-order valence-corrected chi connectivity index (χ1v) is 7.35. The molecule has 1 aromatic rings. The van der Waals surface area contributed by atoms with E-state index in [1.54, 1.807) is 0 Å². The largest absolute Gasteiger partial charge is 0.324 e. The maximum absolute atomic E-state index is 13.2. The van der Waals surface area contributed by atoms with Crippen molar-refractivity contribution in [2.45, 2.75) is 51.0 Å². The molecule has 1 aromatic carbocycles. The minimum atomic E-state index is -0.923. The van der Waals surface area contributed by atoms with Gasteiger partial charge in [0, 0.05) is 11.1 Å². The molecule has 106 valence electrons. The second-order valence-corrected chi connectivity index (χ2v) is 5.88. The molecule has 1 atom stereocenters. The van der Waals surface area contributed by atoms with Gasteiger partial charge < -0.3 is 5.73 Å². The van der Waals surface area contributed by atoms with E-state index in [1.165, 1.54) is 32.1 Å². The average Bonchev–Trinajstić information content (AvgIpc) is 2.41. The molecule has 0 amide bonds. The Morgan fingerprint density at radius 3 is 2.47 bits per heavy atom. The van der Waals surface area contributed by atoms with Gasteiger partial charge in [0.15, 0.2) is 11.6 Å². The molecular weight excluding hydrogens is 268 g/mol. The third-order valence-corrected chi connectivity index (χ3v) is 4.38. The number of nitrogens with two attached hydrogens (primary N) is 1. The van der Waals surface area contributed by atoms with Crippen LogP contribution in [-0.2, 0) is 0 Å². The molecule has 1 saturated carbocycles. The van der Waals surface area contributed by atoms with E-state index in [1.807, 2.05) is 0 Å². The predicted molar refractivity (Wildman–Crippen MR) is 74.1 cm³/mol. The minimum absolute atomic E-state index is 0.218. The minimum Gasteiger partial charge on any atom is -0.324 e. The number of hydrogen-bond donors (Lipinski definition) is 1. The van der Waals surface area contributed by atoms with Gasteiger partial charge in [-0.1, -0.05) is 43.7 Å². The normalized spacial score (nSPS) is 18.5. The van der Waals surface area contributed by atoms with Crippen molar-refractivity contribution in [3.8, 4) is 0 Å². The average molecular weight is 288 g/mol. The summed E-state index contributed by atoms with van der Waals surface area (Å²) in [7, 11) is 0. The molecule has 0 saturated heterocycles. The third kappa shape index (κ3) is 3.90. The lowest BCUT2D eigenvalue weighted by molar-refractivity contribution is 0.324. The standard InChI is InChI=1S/C15H20ClF2N/c16-12-9-14(18)13(17)8-11(12)15(19)7-6-10-4-2-1-3-5-10/h8-10,15H,1-7,19H2. The second-order valence-electron chi connectivity index (χ2n) is 5.48. The van der Waals surface area contributed by atoms with E-state index in [0.29, 0.717) is 5.56 Å². The summed E-state index contributed by atoms with van der Waals surface area (Å²) in [5.74, 6) is -1.08. The first kappa shape index (κ1) is 14.7. The topological polar surface area (TPSA) is 26.0 Å². The maximum Gasteiger partial charge on any atom is 0.160 e. The van der Waals surface area contributed by atoms with Crippen molar-refractivity contribution in [2.24, 2.45) is 11.7 Å². The van der Waals surface area contributed by atoms with Crippen LogP contribution in [0.4, 0.5) is 8.78 Å². The molecule has 1 aliphatic rings. The van der Waals surface area contributed by atoms with Gasteiger partial charge in [0.25, 0.3) is 0 Å². The highest BCUT2D eigenvalue weighted by Crippen LogP contribution is 2.32. The van der Waals surface area contributed by atoms with Crippen LogP contribution in [0.5, 0.6) is 0 Å². The Labute approximate surface area is 118 Å². The summed E-state index contributed by atoms with van der Waals surface area (Å²) in [6.07, 6.45) is 8.26. The van der Waals surface area contributed by atoms with Gasteiger partial charge in [0.05, 0.1) is 0 Å². The Balaban J connectivity index is 1.95. The molecule has 0 aromatic heterocycles. The summed E-state index contributed by atoms with van der Waals surface area (Å²) in [5.41, 5.74) is 6.57. The highest BCUT2D eigenvalue weighted by molar-refractivity contribution is 6.31. The van der Waals surface area contributed by atoms with Crippen LogP contribution in [-0.4, -0.2) is 0 Å². The molecule has 0 aliphatic heterocycles. The van der Waals surface area contributed by atoms with E-state index in [4.69, 9.17) is 17.3 Å². The summed E-state index contributed by atoms with van der Waals surface area (Å²) in [5, 5.41) is 0.218. The lowest BCUT2D eigenvalue weighted by atomic mass is 9.84. The molecule has 1 aliphatic carbocycles. The summed E-state index contributed by atoms with van der Waals surface area (Å²) in [6, 6.07) is 1.82. The third-order valence-electron chi connectivity index (χ3n) is 4.05. The number of hydrogen-bond acceptors (Lipinski definition) is 1. The number of rotatable bonds is 4. The molecule has 1 unspecified atom stereocenters. The van der Waals surface area contributed by atoms with Crippen LogP contribution < -0.4 is 5.73 Å². The lowest BCUT2D eigenvalue weighted by Crippen LogP contribution is -2.15. The predicted octanol–water partition coefficient (Wildman–Crippen LogP) is 4.98. The molecule has 1 fully saturated rings. The lowest BCUT2D eigenvalue weighted by Gasteiger charge is -2.23. The van der Waals surface area contributed by atoms with E-state index >= 15 is 0 Å². The monoisotopic (exact) mass is 287 g/mol. The van der Waals surface area contributed by atoms with E-state index in [0.717, 1.165) is 30.9 Å². The van der Waals surface area contributed by atoms with Gasteiger partial charge in [-0.3, -0.25) is 0 Å². The van der Waals surface area contributed by atoms with Crippen molar-refractivity contribution in [3.05, 3.63) is 34.4 Å². The fourth-order valence-corrected chi connectivity index (χ4v) is 3.16. The van der Waals surface area contributed by atoms with Gasteiger partial charge in [-0.05, 0) is 36.5 Å². The molecule has 19 heavy (non-hydrogen) atoms. The summed E-state index contributed by atoms with van der Waals surface area (Å²) in [6.45, 7) is 0. The molecule has 0 radical (unpaired) electrons. The molecule has 2 N–H and O–H groups in total. The Kier molecular flexibility index (Phi) is 5.17. The zero-order valence-corrected chi connectivity index (χ0v) is 11.7. The smallest absolute Gasteiger partial charge is 0.160 e. The molecule has 2 rings (SSSR count). The number of benzene rings is 1. The van der Waals surface area contributed by atoms with Gasteiger partial charge in [-0.15, -0.1) is 0 Å². The van der Waals surface area contributed by atoms with Gasteiger partial charge in [-0.2, -0.15) is 0 Å². The fraction of sp³-hybridized carbons (Fsp3) is 0.600. The first-order chi connectivity index (χ1) is 9.08. The number of halogens is 3. The van der Waals surface area contributed by atoms with Crippen LogP contribution in [0.1, 0.15) is 56.6 Å².